The largest absolute Gasteiger partial charge is 0.335 e. The summed E-state index contributed by atoms with van der Waals surface area (Å²) in [6.45, 7) is 3.68. The first-order valence-corrected chi connectivity index (χ1v) is 5.46. The Morgan fingerprint density at radius 1 is 1.56 bits per heavy atom. The summed E-state index contributed by atoms with van der Waals surface area (Å²) in [5.41, 5.74) is 2.55. The molecule has 0 bridgehead atoms. The van der Waals surface area contributed by atoms with Crippen molar-refractivity contribution in [3.63, 3.8) is 0 Å². The average molecular weight is 284 g/mol. The van der Waals surface area contributed by atoms with Crippen molar-refractivity contribution in [1.82, 2.24) is 15.2 Å². The molecule has 0 unspecified atom stereocenters. The molecule has 1 aromatic heterocycles. The summed E-state index contributed by atoms with van der Waals surface area (Å²) >= 11 is 1.42. The molecule has 1 amide bonds. The predicted molar refractivity (Wildman–Crippen MR) is 70.1 cm³/mol. The van der Waals surface area contributed by atoms with Crippen molar-refractivity contribution in [2.24, 2.45) is 0 Å². The minimum Gasteiger partial charge on any atom is -0.335 e. The van der Waals surface area contributed by atoms with Crippen LogP contribution in [0.15, 0.2) is 5.51 Å². The predicted octanol–water partition coefficient (Wildman–Crippen LogP) is 1.34. The van der Waals surface area contributed by atoms with E-state index in [-0.39, 0.29) is 30.7 Å². The number of amides is 1. The van der Waals surface area contributed by atoms with Crippen molar-refractivity contribution in [1.29, 1.82) is 0 Å². The zero-order valence-electron chi connectivity index (χ0n) is 9.10. The summed E-state index contributed by atoms with van der Waals surface area (Å²) in [6, 6.07) is 0.351. The maximum atomic E-state index is 11.9. The maximum absolute atomic E-state index is 11.9. The van der Waals surface area contributed by atoms with E-state index in [0.717, 1.165) is 23.7 Å². The van der Waals surface area contributed by atoms with Gasteiger partial charge in [-0.05, 0) is 6.92 Å². The fourth-order valence-electron chi connectivity index (χ4n) is 1.38. The fraction of sp³-hybridized carbons (Fsp3) is 0.556. The topological polar surface area (TPSA) is 45.2 Å². The van der Waals surface area contributed by atoms with Gasteiger partial charge in [0.05, 0.1) is 17.2 Å². The van der Waals surface area contributed by atoms with Crippen LogP contribution in [0.2, 0.25) is 0 Å². The number of likely N-dealkylation sites (N-methyl/N-ethyl adjacent to an activating group) is 1. The molecule has 1 fully saturated rings. The molecule has 4 nitrogen and oxygen atoms in total. The highest BCUT2D eigenvalue weighted by atomic mass is 35.5. The van der Waals surface area contributed by atoms with E-state index in [4.69, 9.17) is 0 Å². The van der Waals surface area contributed by atoms with Crippen LogP contribution in [-0.4, -0.2) is 42.0 Å². The molecule has 0 atom stereocenters. The van der Waals surface area contributed by atoms with E-state index in [1.165, 1.54) is 11.3 Å². The van der Waals surface area contributed by atoms with E-state index in [1.807, 2.05) is 14.0 Å². The molecule has 0 aliphatic carbocycles. The van der Waals surface area contributed by atoms with Crippen molar-refractivity contribution < 1.29 is 4.79 Å². The molecule has 1 aliphatic heterocycles. The zero-order chi connectivity index (χ0) is 10.1. The molecular weight excluding hydrogens is 269 g/mol. The van der Waals surface area contributed by atoms with Crippen molar-refractivity contribution in [3.8, 4) is 0 Å². The Morgan fingerprint density at radius 3 is 2.56 bits per heavy atom. The van der Waals surface area contributed by atoms with E-state index in [2.05, 4.69) is 10.3 Å². The van der Waals surface area contributed by atoms with Crippen LogP contribution < -0.4 is 5.32 Å². The molecule has 1 aliphatic rings. The summed E-state index contributed by atoms with van der Waals surface area (Å²) < 4.78 is 0. The SMILES string of the molecule is Cc1ncsc1C(=O)N(C)C1CNC1.Cl.Cl. The number of carbonyl (C=O) groups is 1. The molecule has 2 heterocycles. The van der Waals surface area contributed by atoms with Crippen LogP contribution in [0.25, 0.3) is 0 Å². The number of nitrogens with one attached hydrogen (secondary N) is 1. The van der Waals surface area contributed by atoms with E-state index < -0.39 is 0 Å². The highest BCUT2D eigenvalue weighted by Crippen LogP contribution is 2.16. The number of hydrogen-bond acceptors (Lipinski definition) is 4. The second kappa shape index (κ2) is 6.39. The van der Waals surface area contributed by atoms with Gasteiger partial charge in [0, 0.05) is 20.1 Å². The van der Waals surface area contributed by atoms with E-state index >= 15 is 0 Å². The summed E-state index contributed by atoms with van der Waals surface area (Å²) in [6.07, 6.45) is 0. The molecule has 2 rings (SSSR count). The number of thiazole rings is 1. The van der Waals surface area contributed by atoms with Gasteiger partial charge in [0.2, 0.25) is 0 Å². The van der Waals surface area contributed by atoms with Crippen LogP contribution in [0, 0.1) is 6.92 Å². The normalized spacial score (nSPS) is 14.4. The smallest absolute Gasteiger partial charge is 0.265 e. The van der Waals surface area contributed by atoms with E-state index in [9.17, 15) is 4.79 Å². The maximum Gasteiger partial charge on any atom is 0.265 e. The zero-order valence-corrected chi connectivity index (χ0v) is 11.5. The van der Waals surface area contributed by atoms with Crippen LogP contribution in [0.3, 0.4) is 0 Å². The third kappa shape index (κ3) is 2.85. The van der Waals surface area contributed by atoms with Gasteiger partial charge in [0.1, 0.15) is 4.88 Å². The van der Waals surface area contributed by atoms with Gasteiger partial charge in [-0.3, -0.25) is 4.79 Å². The highest BCUT2D eigenvalue weighted by Gasteiger charge is 2.27. The lowest BCUT2D eigenvalue weighted by Crippen LogP contribution is -2.57. The molecule has 16 heavy (non-hydrogen) atoms. The van der Waals surface area contributed by atoms with Crippen molar-refractivity contribution in [2.45, 2.75) is 13.0 Å². The first-order valence-electron chi connectivity index (χ1n) is 4.58. The standard InChI is InChI=1S/C9H13N3OS.2ClH/c1-6-8(14-5-11-6)9(13)12(2)7-3-10-4-7;;/h5,7,10H,3-4H2,1-2H3;2*1H. The van der Waals surface area contributed by atoms with Gasteiger partial charge in [-0.2, -0.15) is 0 Å². The third-order valence-corrected chi connectivity index (χ3v) is 3.48. The fourth-order valence-corrected chi connectivity index (χ4v) is 2.16. The van der Waals surface area contributed by atoms with Crippen LogP contribution in [0.4, 0.5) is 0 Å². The van der Waals surface area contributed by atoms with Crippen LogP contribution in [0.1, 0.15) is 15.4 Å². The molecule has 0 saturated carbocycles. The molecule has 0 aromatic carbocycles. The van der Waals surface area contributed by atoms with Crippen LogP contribution in [-0.2, 0) is 0 Å². The Morgan fingerprint density at radius 2 is 2.19 bits per heavy atom. The van der Waals surface area contributed by atoms with Gasteiger partial charge in [-0.1, -0.05) is 0 Å². The lowest BCUT2D eigenvalue weighted by atomic mass is 10.1. The number of rotatable bonds is 2. The van der Waals surface area contributed by atoms with Crippen LogP contribution in [0.5, 0.6) is 0 Å². The monoisotopic (exact) mass is 283 g/mol. The van der Waals surface area contributed by atoms with Gasteiger partial charge < -0.3 is 10.2 Å². The molecule has 0 radical (unpaired) electrons. The first kappa shape index (κ1) is 15.6. The highest BCUT2D eigenvalue weighted by molar-refractivity contribution is 7.11. The van der Waals surface area contributed by atoms with Crippen molar-refractivity contribution in [3.05, 3.63) is 16.1 Å². The lowest BCUT2D eigenvalue weighted by molar-refractivity contribution is 0.0685. The Bertz CT molecular complexity index is 354. The number of hydrogen-bond donors (Lipinski definition) is 1. The molecule has 0 spiro atoms. The van der Waals surface area contributed by atoms with Crippen molar-refractivity contribution in [2.75, 3.05) is 20.1 Å². The van der Waals surface area contributed by atoms with Gasteiger partial charge in [-0.25, -0.2) is 4.98 Å². The number of aromatic nitrogens is 1. The molecule has 1 N–H and O–H groups in total. The molecule has 92 valence electrons. The van der Waals surface area contributed by atoms with Gasteiger partial charge >= 0.3 is 0 Å². The second-order valence-corrected chi connectivity index (χ2v) is 4.35. The number of nitrogens with zero attached hydrogens (tertiary/aromatic N) is 2. The minimum absolute atomic E-state index is 0. The third-order valence-electron chi connectivity index (χ3n) is 2.57. The quantitative estimate of drug-likeness (QED) is 0.891. The molecular formula is C9H15Cl2N3OS. The first-order chi connectivity index (χ1) is 6.70. The lowest BCUT2D eigenvalue weighted by Gasteiger charge is -2.35. The Kier molecular flexibility index (Phi) is 6.25. The number of aryl methyl sites for hydroxylation is 1. The molecule has 1 saturated heterocycles. The molecule has 7 heteroatoms. The Hall–Kier alpha value is -0.360. The van der Waals surface area contributed by atoms with E-state index in [0.29, 0.717) is 6.04 Å². The number of halogens is 2. The second-order valence-electron chi connectivity index (χ2n) is 3.50. The van der Waals surface area contributed by atoms with Gasteiger partial charge in [0.25, 0.3) is 5.91 Å². The van der Waals surface area contributed by atoms with Gasteiger partial charge in [-0.15, -0.1) is 36.2 Å². The number of carbonyl (C=O) groups excluding carboxylic acids is 1. The molecule has 1 aromatic rings. The summed E-state index contributed by atoms with van der Waals surface area (Å²) in [4.78, 5) is 18.6. The van der Waals surface area contributed by atoms with Crippen molar-refractivity contribution >= 4 is 42.1 Å². The summed E-state index contributed by atoms with van der Waals surface area (Å²) in [7, 11) is 1.85. The minimum atomic E-state index is 0. The van der Waals surface area contributed by atoms with Gasteiger partial charge in [0.15, 0.2) is 0 Å². The van der Waals surface area contributed by atoms with Crippen LogP contribution >= 0.6 is 36.2 Å². The Labute approximate surface area is 111 Å². The average Bonchev–Trinajstić information content (AvgIpc) is 2.47. The summed E-state index contributed by atoms with van der Waals surface area (Å²) in [5.74, 6) is 0.0940. The Balaban J connectivity index is 0.00000112. The van der Waals surface area contributed by atoms with E-state index in [1.54, 1.807) is 10.4 Å². The summed E-state index contributed by atoms with van der Waals surface area (Å²) in [5, 5.41) is 3.15.